The molecule has 30 heavy (non-hydrogen) atoms. The lowest BCUT2D eigenvalue weighted by atomic mass is 10.1. The maximum Gasteiger partial charge on any atom is 0.211 e. The maximum atomic E-state index is 5.46. The number of ether oxygens (including phenoxy) is 4. The van der Waals surface area contributed by atoms with Crippen LogP contribution in [0.1, 0.15) is 0 Å². The van der Waals surface area contributed by atoms with E-state index in [4.69, 9.17) is 23.9 Å². The summed E-state index contributed by atoms with van der Waals surface area (Å²) in [5, 5.41) is 9.37. The number of fused-ring (bicyclic) bond motifs is 1. The molecule has 1 aromatic heterocycles. The first-order chi connectivity index (χ1) is 14.7. The fourth-order valence-corrected chi connectivity index (χ4v) is 3.80. The first-order valence-corrected chi connectivity index (χ1v) is 10.0. The number of rotatable bonds is 6. The van der Waals surface area contributed by atoms with Crippen LogP contribution in [-0.4, -0.2) is 54.9 Å². The molecular formula is C20H21N5O4S. The fourth-order valence-electron chi connectivity index (χ4n) is 3.05. The van der Waals surface area contributed by atoms with Gasteiger partial charge in [-0.05, 0) is 24.3 Å². The molecule has 0 amide bonds. The first kappa shape index (κ1) is 19.9. The van der Waals surface area contributed by atoms with Crippen molar-refractivity contribution in [1.29, 1.82) is 0 Å². The molecule has 0 aliphatic carbocycles. The van der Waals surface area contributed by atoms with Crippen molar-refractivity contribution in [2.24, 2.45) is 4.99 Å². The molecule has 1 aliphatic rings. The van der Waals surface area contributed by atoms with E-state index in [0.717, 1.165) is 28.0 Å². The third kappa shape index (κ3) is 3.73. The van der Waals surface area contributed by atoms with Gasteiger partial charge in [0, 0.05) is 11.6 Å². The van der Waals surface area contributed by atoms with Gasteiger partial charge < -0.3 is 18.9 Å². The molecule has 0 spiro atoms. The van der Waals surface area contributed by atoms with E-state index >= 15 is 0 Å². The van der Waals surface area contributed by atoms with Crippen LogP contribution in [-0.2, 0) is 0 Å². The van der Waals surface area contributed by atoms with Gasteiger partial charge in [0.15, 0.2) is 17.3 Å². The van der Waals surface area contributed by atoms with E-state index < -0.39 is 0 Å². The average molecular weight is 427 g/mol. The minimum Gasteiger partial charge on any atom is -0.497 e. The molecule has 0 saturated heterocycles. The number of amidine groups is 1. The molecule has 0 atom stereocenters. The molecule has 0 radical (unpaired) electrons. The van der Waals surface area contributed by atoms with Crippen molar-refractivity contribution in [2.75, 3.05) is 39.6 Å². The average Bonchev–Trinajstić information content (AvgIpc) is 3.21. The largest absolute Gasteiger partial charge is 0.497 e. The van der Waals surface area contributed by atoms with Crippen molar-refractivity contribution >= 4 is 23.3 Å². The second-order valence-electron chi connectivity index (χ2n) is 6.22. The second kappa shape index (κ2) is 8.54. The number of benzene rings is 2. The van der Waals surface area contributed by atoms with Crippen LogP contribution < -0.4 is 24.4 Å². The molecule has 0 fully saturated rings. The number of thioether (sulfide) groups is 1. The number of hydrogen-bond donors (Lipinski definition) is 1. The van der Waals surface area contributed by atoms with Gasteiger partial charge in [0.25, 0.3) is 0 Å². The Bertz CT molecular complexity index is 1070. The minimum atomic E-state index is 0.518. The van der Waals surface area contributed by atoms with Crippen molar-refractivity contribution in [3.8, 4) is 34.4 Å². The summed E-state index contributed by atoms with van der Waals surface area (Å²) in [4.78, 5) is 4.69. The fraction of sp³-hybridized carbons (Fsp3) is 0.250. The lowest BCUT2D eigenvalue weighted by Crippen LogP contribution is -2.30. The van der Waals surface area contributed by atoms with Crippen molar-refractivity contribution in [2.45, 2.75) is 5.16 Å². The van der Waals surface area contributed by atoms with Crippen LogP contribution in [0, 0.1) is 0 Å². The molecular weight excluding hydrogens is 406 g/mol. The highest BCUT2D eigenvalue weighted by atomic mass is 32.2. The van der Waals surface area contributed by atoms with Gasteiger partial charge in [-0.2, -0.15) is 0 Å². The SMILES string of the molecule is COc1cccc(N=C2CSc3nnc(-c4cc(OC)c(OC)c(OC)c4)n3N2)c1. The first-order valence-electron chi connectivity index (χ1n) is 9.04. The number of nitrogens with zero attached hydrogens (tertiary/aromatic N) is 4. The van der Waals surface area contributed by atoms with Crippen molar-refractivity contribution in [3.63, 3.8) is 0 Å². The zero-order valence-corrected chi connectivity index (χ0v) is 17.8. The number of aromatic nitrogens is 3. The summed E-state index contributed by atoms with van der Waals surface area (Å²) in [6.07, 6.45) is 0. The summed E-state index contributed by atoms with van der Waals surface area (Å²) in [5.74, 6) is 4.37. The number of nitrogens with one attached hydrogen (secondary N) is 1. The van der Waals surface area contributed by atoms with E-state index in [1.165, 1.54) is 0 Å². The van der Waals surface area contributed by atoms with E-state index in [1.54, 1.807) is 44.9 Å². The van der Waals surface area contributed by atoms with Crippen molar-refractivity contribution in [3.05, 3.63) is 36.4 Å². The highest BCUT2D eigenvalue weighted by molar-refractivity contribution is 7.99. The minimum absolute atomic E-state index is 0.518. The highest BCUT2D eigenvalue weighted by Gasteiger charge is 2.23. The quantitative estimate of drug-likeness (QED) is 0.640. The summed E-state index contributed by atoms with van der Waals surface area (Å²) in [6.45, 7) is 0. The molecule has 156 valence electrons. The molecule has 1 N–H and O–H groups in total. The standard InChI is InChI=1S/C20H21N5O4S/c1-26-14-7-5-6-13(10-14)21-17-11-30-20-23-22-19(25(20)24-17)12-8-15(27-2)18(29-4)16(9-12)28-3/h5-10H,11H2,1-4H3,(H,21,24). The molecule has 0 saturated carbocycles. The smallest absolute Gasteiger partial charge is 0.211 e. The zero-order valence-electron chi connectivity index (χ0n) is 17.0. The Labute approximate surface area is 178 Å². The maximum absolute atomic E-state index is 5.46. The summed E-state index contributed by atoms with van der Waals surface area (Å²) in [5.41, 5.74) is 4.86. The molecule has 1 aliphatic heterocycles. The van der Waals surface area contributed by atoms with E-state index in [9.17, 15) is 0 Å². The predicted molar refractivity (Wildman–Crippen MR) is 115 cm³/mol. The third-order valence-corrected chi connectivity index (χ3v) is 5.39. The molecule has 0 unspecified atom stereocenters. The molecule has 0 bridgehead atoms. The molecule has 2 aromatic carbocycles. The predicted octanol–water partition coefficient (Wildman–Crippen LogP) is 3.36. The Balaban J connectivity index is 1.71. The van der Waals surface area contributed by atoms with Crippen LogP contribution in [0.4, 0.5) is 5.69 Å². The molecule has 3 aromatic rings. The van der Waals surface area contributed by atoms with Crippen LogP contribution >= 0.6 is 11.8 Å². The van der Waals surface area contributed by atoms with Gasteiger partial charge in [-0.1, -0.05) is 17.8 Å². The Hall–Kier alpha value is -3.40. The van der Waals surface area contributed by atoms with Crippen LogP contribution in [0.15, 0.2) is 46.5 Å². The summed E-state index contributed by atoms with van der Waals surface area (Å²) in [6, 6.07) is 11.2. The van der Waals surface area contributed by atoms with Gasteiger partial charge in [0.2, 0.25) is 10.9 Å². The van der Waals surface area contributed by atoms with Gasteiger partial charge in [-0.3, -0.25) is 5.43 Å². The third-order valence-electron chi connectivity index (χ3n) is 4.45. The monoisotopic (exact) mass is 427 g/mol. The number of methoxy groups -OCH3 is 4. The van der Waals surface area contributed by atoms with E-state index in [2.05, 4.69) is 15.6 Å². The topological polar surface area (TPSA) is 92.0 Å². The molecule has 10 heteroatoms. The Morgan fingerprint density at radius 3 is 2.40 bits per heavy atom. The van der Waals surface area contributed by atoms with Crippen LogP contribution in [0.2, 0.25) is 0 Å². The second-order valence-corrected chi connectivity index (χ2v) is 7.16. The van der Waals surface area contributed by atoms with Gasteiger partial charge in [0.05, 0.1) is 39.9 Å². The van der Waals surface area contributed by atoms with Gasteiger partial charge in [-0.25, -0.2) is 9.67 Å². The summed E-state index contributed by atoms with van der Waals surface area (Å²) < 4.78 is 23.4. The van der Waals surface area contributed by atoms with E-state index in [1.807, 2.05) is 36.4 Å². The highest BCUT2D eigenvalue weighted by Crippen LogP contribution is 2.41. The van der Waals surface area contributed by atoms with E-state index in [0.29, 0.717) is 28.8 Å². The Morgan fingerprint density at radius 1 is 0.967 bits per heavy atom. The number of aliphatic imine (C=N–C) groups is 1. The molecule has 9 nitrogen and oxygen atoms in total. The van der Waals surface area contributed by atoms with Gasteiger partial charge in [0.1, 0.15) is 11.6 Å². The lowest BCUT2D eigenvalue weighted by molar-refractivity contribution is 0.324. The van der Waals surface area contributed by atoms with Crippen molar-refractivity contribution in [1.82, 2.24) is 14.9 Å². The molecule has 4 rings (SSSR count). The van der Waals surface area contributed by atoms with E-state index in [-0.39, 0.29) is 0 Å². The summed E-state index contributed by atoms with van der Waals surface area (Å²) >= 11 is 1.55. The van der Waals surface area contributed by atoms with Crippen LogP contribution in [0.25, 0.3) is 11.4 Å². The van der Waals surface area contributed by atoms with Crippen LogP contribution in [0.3, 0.4) is 0 Å². The van der Waals surface area contributed by atoms with Gasteiger partial charge in [-0.15, -0.1) is 10.2 Å². The number of hydrogen-bond acceptors (Lipinski definition) is 8. The normalized spacial score (nSPS) is 14.1. The zero-order chi connectivity index (χ0) is 21.1. The van der Waals surface area contributed by atoms with Gasteiger partial charge >= 0.3 is 0 Å². The Morgan fingerprint density at radius 2 is 1.73 bits per heavy atom. The van der Waals surface area contributed by atoms with Crippen molar-refractivity contribution < 1.29 is 18.9 Å². The summed E-state index contributed by atoms with van der Waals surface area (Å²) in [7, 11) is 6.35. The Kier molecular flexibility index (Phi) is 5.66. The molecule has 2 heterocycles. The van der Waals surface area contributed by atoms with Crippen LogP contribution in [0.5, 0.6) is 23.0 Å². The lowest BCUT2D eigenvalue weighted by Gasteiger charge is -2.19.